The highest BCUT2D eigenvalue weighted by Gasteiger charge is 2.16. The molecule has 2 aromatic carbocycles. The maximum absolute atomic E-state index is 12.7. The number of rotatable bonds is 4. The van der Waals surface area contributed by atoms with Gasteiger partial charge < -0.3 is 9.47 Å². The van der Waals surface area contributed by atoms with Crippen LogP contribution in [0, 0.1) is 0 Å². The Morgan fingerprint density at radius 1 is 1.04 bits per heavy atom. The predicted octanol–water partition coefficient (Wildman–Crippen LogP) is 3.68. The summed E-state index contributed by atoms with van der Waals surface area (Å²) >= 11 is 0. The maximum Gasteiger partial charge on any atom is 0.255 e. The number of ether oxygens (including phenoxy) is 2. The van der Waals surface area contributed by atoms with Crippen LogP contribution >= 0.6 is 0 Å². The third-order valence-electron chi connectivity index (χ3n) is 4.53. The topological polar surface area (TPSA) is 64.2 Å². The van der Waals surface area contributed by atoms with Crippen molar-refractivity contribution in [1.82, 2.24) is 9.97 Å². The highest BCUT2D eigenvalue weighted by Crippen LogP contribution is 2.32. The third kappa shape index (κ3) is 2.67. The first kappa shape index (κ1) is 16.1. The molecule has 0 aliphatic carbocycles. The van der Waals surface area contributed by atoms with Crippen LogP contribution in [-0.2, 0) is 6.42 Å². The molecule has 4 aromatic rings. The summed E-state index contributed by atoms with van der Waals surface area (Å²) in [5, 5.41) is 2.63. The molecule has 0 bridgehead atoms. The molecule has 4 rings (SSSR count). The minimum absolute atomic E-state index is 0.188. The van der Waals surface area contributed by atoms with Crippen molar-refractivity contribution in [2.24, 2.45) is 0 Å². The Hall–Kier alpha value is -3.34. The van der Waals surface area contributed by atoms with Crippen LogP contribution in [0.1, 0.15) is 11.1 Å². The first-order chi connectivity index (χ1) is 12.7. The van der Waals surface area contributed by atoms with Gasteiger partial charge in [0.25, 0.3) is 5.56 Å². The van der Waals surface area contributed by atoms with Crippen molar-refractivity contribution >= 4 is 21.7 Å². The summed E-state index contributed by atoms with van der Waals surface area (Å²) in [5.41, 5.74) is 2.34. The van der Waals surface area contributed by atoms with Crippen LogP contribution in [0.3, 0.4) is 0 Å². The summed E-state index contributed by atoms with van der Waals surface area (Å²) < 4.78 is 10.9. The molecule has 0 aliphatic rings. The molecule has 1 N–H and O–H groups in total. The molecule has 0 spiro atoms. The highest BCUT2D eigenvalue weighted by atomic mass is 16.5. The van der Waals surface area contributed by atoms with Crippen molar-refractivity contribution < 1.29 is 9.47 Å². The molecular formula is C21H18N2O3. The lowest BCUT2D eigenvalue weighted by atomic mass is 9.99. The van der Waals surface area contributed by atoms with Gasteiger partial charge in [0.1, 0.15) is 5.75 Å². The van der Waals surface area contributed by atoms with Gasteiger partial charge in [-0.3, -0.25) is 14.8 Å². The van der Waals surface area contributed by atoms with Gasteiger partial charge in [0, 0.05) is 34.3 Å². The van der Waals surface area contributed by atoms with E-state index in [1.54, 1.807) is 7.11 Å². The number of hydrogen-bond donors (Lipinski definition) is 1. The molecule has 0 saturated heterocycles. The van der Waals surface area contributed by atoms with E-state index in [0.29, 0.717) is 23.6 Å². The van der Waals surface area contributed by atoms with Crippen molar-refractivity contribution in [2.45, 2.75) is 6.42 Å². The number of benzene rings is 2. The SMILES string of the molecule is COc1[nH]c(=O)c(Cc2cnc3ccccc3c2)c2c(OC)cccc12. The lowest BCUT2D eigenvalue weighted by molar-refractivity contribution is 0.400. The predicted molar refractivity (Wildman–Crippen MR) is 102 cm³/mol. The van der Waals surface area contributed by atoms with Gasteiger partial charge in [-0.15, -0.1) is 0 Å². The molecule has 0 amide bonds. The molecule has 2 heterocycles. The van der Waals surface area contributed by atoms with Gasteiger partial charge in [0.05, 0.1) is 19.7 Å². The van der Waals surface area contributed by atoms with E-state index in [4.69, 9.17) is 9.47 Å². The number of nitrogens with one attached hydrogen (secondary N) is 1. The van der Waals surface area contributed by atoms with Crippen LogP contribution in [0.5, 0.6) is 11.6 Å². The average Bonchev–Trinajstić information content (AvgIpc) is 2.69. The summed E-state index contributed by atoms with van der Waals surface area (Å²) in [6.45, 7) is 0. The lowest BCUT2D eigenvalue weighted by Crippen LogP contribution is -2.15. The molecule has 0 fully saturated rings. The number of hydrogen-bond acceptors (Lipinski definition) is 4. The van der Waals surface area contributed by atoms with Gasteiger partial charge in [-0.25, -0.2) is 0 Å². The van der Waals surface area contributed by atoms with Crippen LogP contribution < -0.4 is 15.0 Å². The summed E-state index contributed by atoms with van der Waals surface area (Å²) in [4.78, 5) is 20.1. The largest absolute Gasteiger partial charge is 0.496 e. The van der Waals surface area contributed by atoms with E-state index in [9.17, 15) is 4.79 Å². The number of aromatic nitrogens is 2. The third-order valence-corrected chi connectivity index (χ3v) is 4.53. The van der Waals surface area contributed by atoms with E-state index in [1.807, 2.05) is 48.7 Å². The van der Waals surface area contributed by atoms with Crippen molar-refractivity contribution in [3.05, 3.63) is 76.2 Å². The van der Waals surface area contributed by atoms with Crippen LogP contribution in [0.25, 0.3) is 21.7 Å². The Morgan fingerprint density at radius 2 is 1.88 bits per heavy atom. The molecule has 0 aliphatic heterocycles. The molecule has 26 heavy (non-hydrogen) atoms. The van der Waals surface area contributed by atoms with E-state index in [0.717, 1.165) is 27.2 Å². The van der Waals surface area contributed by atoms with Crippen molar-refractivity contribution in [3.8, 4) is 11.6 Å². The fraction of sp³-hybridized carbons (Fsp3) is 0.143. The van der Waals surface area contributed by atoms with Gasteiger partial charge in [0.15, 0.2) is 0 Å². The number of H-pyrrole nitrogens is 1. The second kappa shape index (κ2) is 6.52. The maximum atomic E-state index is 12.7. The number of fused-ring (bicyclic) bond motifs is 2. The zero-order valence-corrected chi connectivity index (χ0v) is 14.6. The van der Waals surface area contributed by atoms with Crippen molar-refractivity contribution in [1.29, 1.82) is 0 Å². The van der Waals surface area contributed by atoms with Crippen molar-refractivity contribution in [3.63, 3.8) is 0 Å². The lowest BCUT2D eigenvalue weighted by Gasteiger charge is -2.13. The van der Waals surface area contributed by atoms with Gasteiger partial charge >= 0.3 is 0 Å². The summed E-state index contributed by atoms with van der Waals surface area (Å²) in [6.07, 6.45) is 2.27. The quantitative estimate of drug-likeness (QED) is 0.612. The van der Waals surface area contributed by atoms with Gasteiger partial charge in [-0.2, -0.15) is 0 Å². The van der Waals surface area contributed by atoms with E-state index in [2.05, 4.69) is 16.0 Å². The first-order valence-corrected chi connectivity index (χ1v) is 8.31. The molecule has 0 radical (unpaired) electrons. The Kier molecular flexibility index (Phi) is 4.05. The van der Waals surface area contributed by atoms with Gasteiger partial charge in [0.2, 0.25) is 5.88 Å². The molecule has 5 nitrogen and oxygen atoms in total. The highest BCUT2D eigenvalue weighted by molar-refractivity contribution is 5.94. The first-order valence-electron chi connectivity index (χ1n) is 8.31. The zero-order valence-electron chi connectivity index (χ0n) is 14.6. The minimum Gasteiger partial charge on any atom is -0.496 e. The Labute approximate surface area is 150 Å². The molecule has 0 unspecified atom stereocenters. The van der Waals surface area contributed by atoms with E-state index < -0.39 is 0 Å². The van der Waals surface area contributed by atoms with E-state index in [-0.39, 0.29) is 5.56 Å². The number of nitrogens with zero attached hydrogens (tertiary/aromatic N) is 1. The summed E-state index contributed by atoms with van der Waals surface area (Å²) in [7, 11) is 3.14. The Balaban J connectivity index is 1.92. The molecule has 5 heteroatoms. The smallest absolute Gasteiger partial charge is 0.255 e. The molecule has 0 saturated carbocycles. The summed E-state index contributed by atoms with van der Waals surface area (Å²) in [6, 6.07) is 15.6. The van der Waals surface area contributed by atoms with Gasteiger partial charge in [-0.05, 0) is 29.8 Å². The van der Waals surface area contributed by atoms with Crippen LogP contribution in [0.4, 0.5) is 0 Å². The minimum atomic E-state index is -0.188. The Morgan fingerprint density at radius 3 is 2.69 bits per heavy atom. The normalized spacial score (nSPS) is 11.0. The van der Waals surface area contributed by atoms with E-state index >= 15 is 0 Å². The zero-order chi connectivity index (χ0) is 18.1. The Bertz CT molecular complexity index is 1160. The summed E-state index contributed by atoms with van der Waals surface area (Å²) in [5.74, 6) is 1.08. The molecular weight excluding hydrogens is 328 g/mol. The van der Waals surface area contributed by atoms with Gasteiger partial charge in [-0.1, -0.05) is 24.3 Å². The van der Waals surface area contributed by atoms with Crippen LogP contribution in [0.15, 0.2) is 59.5 Å². The molecule has 2 aromatic heterocycles. The van der Waals surface area contributed by atoms with E-state index in [1.165, 1.54) is 7.11 Å². The second-order valence-electron chi connectivity index (χ2n) is 6.06. The number of methoxy groups -OCH3 is 2. The fourth-order valence-electron chi connectivity index (χ4n) is 3.31. The number of pyridine rings is 2. The van der Waals surface area contributed by atoms with Crippen LogP contribution in [-0.4, -0.2) is 24.2 Å². The molecule has 130 valence electrons. The molecule has 0 atom stereocenters. The standard InChI is InChI=1S/C21H18N2O3/c1-25-18-9-5-7-15-19(18)16(20(24)23-21(15)26-2)11-13-10-14-6-3-4-8-17(14)22-12-13/h3-10,12H,11H2,1-2H3,(H,23,24). The average molecular weight is 346 g/mol. The second-order valence-corrected chi connectivity index (χ2v) is 6.06. The fourth-order valence-corrected chi connectivity index (χ4v) is 3.31. The number of aromatic amines is 1. The number of para-hydroxylation sites is 1. The van der Waals surface area contributed by atoms with Crippen LogP contribution in [0.2, 0.25) is 0 Å². The monoisotopic (exact) mass is 346 g/mol. The van der Waals surface area contributed by atoms with Crippen molar-refractivity contribution in [2.75, 3.05) is 14.2 Å².